The molecular formula is C13H16AsN2. The van der Waals surface area contributed by atoms with Crippen molar-refractivity contribution in [1.29, 1.82) is 0 Å². The number of para-hydroxylation sites is 1. The van der Waals surface area contributed by atoms with Gasteiger partial charge in [0, 0.05) is 0 Å². The number of nitrogens with zero attached hydrogens (tertiary/aromatic N) is 1. The van der Waals surface area contributed by atoms with Crippen molar-refractivity contribution in [2.24, 2.45) is 5.92 Å². The number of fused-ring (bicyclic) bond motifs is 1. The predicted octanol–water partition coefficient (Wildman–Crippen LogP) is 2.22. The fraction of sp³-hybridized carbons (Fsp3) is 0.308. The van der Waals surface area contributed by atoms with Crippen LogP contribution in [-0.4, -0.2) is 20.7 Å². The van der Waals surface area contributed by atoms with E-state index in [1.807, 2.05) is 6.07 Å². The van der Waals surface area contributed by atoms with E-state index in [-0.39, 0.29) is 15.8 Å². The first-order valence-corrected chi connectivity index (χ1v) is 7.75. The minimum atomic E-state index is 0.151. The van der Waals surface area contributed by atoms with Gasteiger partial charge in [-0.25, -0.2) is 0 Å². The molecule has 0 aliphatic heterocycles. The van der Waals surface area contributed by atoms with E-state index in [2.05, 4.69) is 37.0 Å². The first kappa shape index (κ1) is 11.5. The molecule has 2 rings (SSSR count). The molecule has 16 heavy (non-hydrogen) atoms. The minimum absolute atomic E-state index is 0.151. The summed E-state index contributed by atoms with van der Waals surface area (Å²) >= 11 is 0.151. The molecular weight excluding hydrogens is 259 g/mol. The van der Waals surface area contributed by atoms with Crippen molar-refractivity contribution in [1.82, 2.24) is 4.98 Å². The zero-order valence-corrected chi connectivity index (χ0v) is 11.5. The van der Waals surface area contributed by atoms with Crippen LogP contribution in [0.5, 0.6) is 0 Å². The third kappa shape index (κ3) is 2.38. The van der Waals surface area contributed by atoms with Crippen LogP contribution >= 0.6 is 0 Å². The zero-order valence-electron chi connectivity index (χ0n) is 9.64. The van der Waals surface area contributed by atoms with Crippen LogP contribution in [0, 0.1) is 5.92 Å². The number of hydrogen-bond donors (Lipinski definition) is 1. The monoisotopic (exact) mass is 275 g/mol. The molecule has 2 aromatic rings. The van der Waals surface area contributed by atoms with Gasteiger partial charge >= 0.3 is 103 Å². The van der Waals surface area contributed by atoms with Crippen molar-refractivity contribution in [3.63, 3.8) is 0 Å². The quantitative estimate of drug-likeness (QED) is 0.872. The molecule has 0 aliphatic rings. The molecule has 1 radical (unpaired) electrons. The van der Waals surface area contributed by atoms with Gasteiger partial charge in [0.1, 0.15) is 0 Å². The van der Waals surface area contributed by atoms with E-state index in [1.165, 1.54) is 14.9 Å². The molecule has 0 aliphatic carbocycles. The van der Waals surface area contributed by atoms with Gasteiger partial charge < -0.3 is 0 Å². The van der Waals surface area contributed by atoms with Gasteiger partial charge in [-0.05, 0) is 0 Å². The Morgan fingerprint density at radius 1 is 1.31 bits per heavy atom. The van der Waals surface area contributed by atoms with Crippen LogP contribution in [0.3, 0.4) is 0 Å². The number of benzene rings is 1. The van der Waals surface area contributed by atoms with E-state index in [1.54, 1.807) is 6.20 Å². The number of hydrogen-bond acceptors (Lipinski definition) is 2. The van der Waals surface area contributed by atoms with Crippen LogP contribution in [0.15, 0.2) is 30.5 Å². The summed E-state index contributed by atoms with van der Waals surface area (Å²) in [7, 11) is 0. The van der Waals surface area contributed by atoms with E-state index in [0.29, 0.717) is 0 Å². The van der Waals surface area contributed by atoms with Crippen molar-refractivity contribution >= 4 is 36.7 Å². The summed E-state index contributed by atoms with van der Waals surface area (Å²) in [5, 5.41) is 2.50. The summed E-state index contributed by atoms with van der Waals surface area (Å²) in [6.07, 6.45) is 1.80. The fourth-order valence-corrected chi connectivity index (χ4v) is 4.00. The molecule has 1 aromatic heterocycles. The van der Waals surface area contributed by atoms with Crippen LogP contribution in [0.1, 0.15) is 13.8 Å². The van der Waals surface area contributed by atoms with E-state index < -0.39 is 0 Å². The molecule has 3 heteroatoms. The Labute approximate surface area is 103 Å². The Morgan fingerprint density at radius 2 is 2.06 bits per heavy atom. The van der Waals surface area contributed by atoms with Gasteiger partial charge in [0.25, 0.3) is 0 Å². The maximum absolute atomic E-state index is 6.03. The zero-order chi connectivity index (χ0) is 11.5. The first-order valence-electron chi connectivity index (χ1n) is 5.49. The molecule has 2 nitrogen and oxygen atoms in total. The first-order chi connectivity index (χ1) is 7.68. The standard InChI is InChI=1S/C13H16AsN2/c1-9(2)7-14-13-10-5-3-4-6-12(10)16-8-11(13)15/h3-6,8-9H,7,15H2,1-2H3. The summed E-state index contributed by atoms with van der Waals surface area (Å²) in [5.74, 6) is 0.742. The number of nitrogen functional groups attached to an aromatic ring is 1. The summed E-state index contributed by atoms with van der Waals surface area (Å²) < 4.78 is 1.34. The van der Waals surface area contributed by atoms with Gasteiger partial charge in [0.15, 0.2) is 0 Å². The van der Waals surface area contributed by atoms with Gasteiger partial charge in [-0.2, -0.15) is 0 Å². The van der Waals surface area contributed by atoms with E-state index in [9.17, 15) is 0 Å². The average Bonchev–Trinajstić information content (AvgIpc) is 2.27. The van der Waals surface area contributed by atoms with Gasteiger partial charge in [0.05, 0.1) is 0 Å². The molecule has 0 spiro atoms. The van der Waals surface area contributed by atoms with Crippen molar-refractivity contribution in [3.05, 3.63) is 30.5 Å². The van der Waals surface area contributed by atoms with Crippen LogP contribution < -0.4 is 10.1 Å². The van der Waals surface area contributed by atoms with Crippen LogP contribution in [0.4, 0.5) is 5.69 Å². The normalized spacial score (nSPS) is 11.9. The maximum atomic E-state index is 6.03. The molecule has 83 valence electrons. The number of pyridine rings is 1. The van der Waals surface area contributed by atoms with Gasteiger partial charge in [-0.3, -0.25) is 0 Å². The number of aromatic nitrogens is 1. The molecule has 0 saturated heterocycles. The molecule has 0 unspecified atom stereocenters. The van der Waals surface area contributed by atoms with Crippen LogP contribution in [0.2, 0.25) is 5.21 Å². The molecule has 0 atom stereocenters. The summed E-state index contributed by atoms with van der Waals surface area (Å²) in [6.45, 7) is 4.52. The Balaban J connectivity index is 2.44. The second-order valence-corrected chi connectivity index (χ2v) is 6.68. The van der Waals surface area contributed by atoms with Gasteiger partial charge in [-0.1, -0.05) is 0 Å². The number of rotatable bonds is 3. The van der Waals surface area contributed by atoms with Crippen molar-refractivity contribution < 1.29 is 0 Å². The van der Waals surface area contributed by atoms with Gasteiger partial charge in [0.2, 0.25) is 0 Å². The molecule has 1 heterocycles. The molecule has 0 bridgehead atoms. The summed E-state index contributed by atoms with van der Waals surface area (Å²) in [6, 6.07) is 8.26. The molecule has 1 aromatic carbocycles. The SMILES string of the molecule is CC(C)C[As]c1c(N)cnc2ccccc12. The number of anilines is 1. The van der Waals surface area contributed by atoms with Crippen LogP contribution in [-0.2, 0) is 0 Å². The Bertz CT molecular complexity index is 494. The second kappa shape index (κ2) is 4.88. The predicted molar refractivity (Wildman–Crippen MR) is 71.2 cm³/mol. The molecule has 0 amide bonds. The second-order valence-electron chi connectivity index (χ2n) is 4.31. The molecule has 0 fully saturated rings. The topological polar surface area (TPSA) is 38.9 Å². The Kier molecular flexibility index (Phi) is 3.50. The van der Waals surface area contributed by atoms with Crippen molar-refractivity contribution in [3.8, 4) is 0 Å². The van der Waals surface area contributed by atoms with E-state index in [0.717, 1.165) is 17.1 Å². The van der Waals surface area contributed by atoms with E-state index in [4.69, 9.17) is 5.73 Å². The summed E-state index contributed by atoms with van der Waals surface area (Å²) in [5.41, 5.74) is 7.96. The summed E-state index contributed by atoms with van der Waals surface area (Å²) in [4.78, 5) is 4.36. The average molecular weight is 275 g/mol. The molecule has 0 saturated carbocycles. The third-order valence-corrected chi connectivity index (χ3v) is 6.02. The Morgan fingerprint density at radius 3 is 2.81 bits per heavy atom. The third-order valence-electron chi connectivity index (χ3n) is 2.39. The van der Waals surface area contributed by atoms with Crippen LogP contribution in [0.25, 0.3) is 10.9 Å². The fourth-order valence-electron chi connectivity index (χ4n) is 1.59. The van der Waals surface area contributed by atoms with E-state index >= 15 is 0 Å². The molecule has 2 N–H and O–H groups in total. The Hall–Kier alpha value is -1.01. The van der Waals surface area contributed by atoms with Crippen molar-refractivity contribution in [2.45, 2.75) is 19.1 Å². The number of nitrogens with two attached hydrogens (primary N) is 1. The van der Waals surface area contributed by atoms with Gasteiger partial charge in [-0.15, -0.1) is 0 Å². The van der Waals surface area contributed by atoms with Crippen molar-refractivity contribution in [2.75, 3.05) is 5.73 Å².